The molecule has 0 amide bonds. The first-order valence-electron chi connectivity index (χ1n) is 6.17. The summed E-state index contributed by atoms with van der Waals surface area (Å²) in [6.45, 7) is 7.13. The van der Waals surface area contributed by atoms with Gasteiger partial charge < -0.3 is 5.32 Å². The molecule has 0 heterocycles. The van der Waals surface area contributed by atoms with Crippen molar-refractivity contribution in [1.29, 1.82) is 0 Å². The molecule has 1 aromatic carbocycles. The normalized spacial score (nSPS) is 11.0. The topological polar surface area (TPSA) is 79.9 Å². The van der Waals surface area contributed by atoms with E-state index >= 15 is 0 Å². The van der Waals surface area contributed by atoms with Crippen molar-refractivity contribution in [3.05, 3.63) is 33.6 Å². The molecule has 1 rings (SSSR count). The van der Waals surface area contributed by atoms with Gasteiger partial charge in [0.05, 0.1) is 4.92 Å². The SMILES string of the molecule is C/C=N\C(=NC)Nc1c([N+](=O)[O-])ccc(F)c1C.CC. The highest BCUT2D eigenvalue weighted by Gasteiger charge is 2.19. The van der Waals surface area contributed by atoms with Gasteiger partial charge in [0.1, 0.15) is 11.5 Å². The largest absolute Gasteiger partial charge is 0.318 e. The van der Waals surface area contributed by atoms with Crippen molar-refractivity contribution in [3.8, 4) is 0 Å². The number of nitro groups is 1. The Morgan fingerprint density at radius 1 is 1.45 bits per heavy atom. The molecule has 1 aromatic rings. The zero-order valence-electron chi connectivity index (χ0n) is 12.3. The molecule has 0 radical (unpaired) electrons. The van der Waals surface area contributed by atoms with Crippen molar-refractivity contribution >= 4 is 23.5 Å². The maximum atomic E-state index is 13.4. The van der Waals surface area contributed by atoms with Crippen molar-refractivity contribution in [3.63, 3.8) is 0 Å². The van der Waals surface area contributed by atoms with Crippen LogP contribution in [0.15, 0.2) is 22.1 Å². The maximum absolute atomic E-state index is 13.4. The molecule has 0 aromatic heterocycles. The quantitative estimate of drug-likeness (QED) is 0.390. The Kier molecular flexibility index (Phi) is 7.72. The molecule has 6 nitrogen and oxygen atoms in total. The van der Waals surface area contributed by atoms with E-state index in [4.69, 9.17) is 0 Å². The second-order valence-corrected chi connectivity index (χ2v) is 3.38. The van der Waals surface area contributed by atoms with Gasteiger partial charge in [-0.15, -0.1) is 0 Å². The van der Waals surface area contributed by atoms with E-state index in [1.807, 2.05) is 13.8 Å². The van der Waals surface area contributed by atoms with Gasteiger partial charge in [-0.05, 0) is 19.9 Å². The number of hydrogen-bond donors (Lipinski definition) is 1. The molecule has 0 aliphatic rings. The van der Waals surface area contributed by atoms with Crippen LogP contribution in [0.5, 0.6) is 0 Å². The van der Waals surface area contributed by atoms with Gasteiger partial charge in [-0.1, -0.05) is 13.8 Å². The third-order valence-corrected chi connectivity index (χ3v) is 2.27. The molecule has 110 valence electrons. The second kappa shape index (κ2) is 8.73. The standard InChI is InChI=1S/C11H13FN4O2.C2H6/c1-4-14-11(13-3)15-10-7(2)8(12)5-6-9(10)16(17)18;1-2/h4-6H,1-3H3,(H,13,15);1-2H3/b14-4-;. The van der Waals surface area contributed by atoms with Crippen molar-refractivity contribution < 1.29 is 9.31 Å². The Morgan fingerprint density at radius 2 is 2.05 bits per heavy atom. The molecular formula is C13H19FN4O2. The average molecular weight is 282 g/mol. The summed E-state index contributed by atoms with van der Waals surface area (Å²) in [5.41, 5.74) is -0.00999. The zero-order valence-corrected chi connectivity index (χ0v) is 12.3. The van der Waals surface area contributed by atoms with Crippen LogP contribution in [0, 0.1) is 22.9 Å². The molecule has 0 fully saturated rings. The smallest absolute Gasteiger partial charge is 0.293 e. The van der Waals surface area contributed by atoms with Gasteiger partial charge in [0.15, 0.2) is 0 Å². The predicted octanol–water partition coefficient (Wildman–Crippen LogP) is 3.56. The molecule has 0 bridgehead atoms. The van der Waals surface area contributed by atoms with Crippen LogP contribution in [0.1, 0.15) is 26.3 Å². The number of benzene rings is 1. The fourth-order valence-electron chi connectivity index (χ4n) is 1.36. The van der Waals surface area contributed by atoms with Crippen LogP contribution in [0.4, 0.5) is 15.8 Å². The van der Waals surface area contributed by atoms with Crippen LogP contribution in [0.25, 0.3) is 0 Å². The summed E-state index contributed by atoms with van der Waals surface area (Å²) in [4.78, 5) is 18.0. The van der Waals surface area contributed by atoms with Crippen LogP contribution >= 0.6 is 0 Å². The summed E-state index contributed by atoms with van der Waals surface area (Å²) in [6.07, 6.45) is 1.48. The number of nitrogens with one attached hydrogen (secondary N) is 1. The molecule has 0 aliphatic carbocycles. The fraction of sp³-hybridized carbons (Fsp3) is 0.385. The van der Waals surface area contributed by atoms with E-state index in [9.17, 15) is 14.5 Å². The molecule has 0 saturated heterocycles. The number of hydrogen-bond acceptors (Lipinski definition) is 3. The molecule has 0 saturated carbocycles. The van der Waals surface area contributed by atoms with E-state index in [0.717, 1.165) is 12.1 Å². The molecule has 0 unspecified atom stereocenters. The van der Waals surface area contributed by atoms with Crippen LogP contribution in [0.3, 0.4) is 0 Å². The van der Waals surface area contributed by atoms with Gasteiger partial charge in [-0.3, -0.25) is 15.1 Å². The predicted molar refractivity (Wildman–Crippen MR) is 80.3 cm³/mol. The number of guanidine groups is 1. The van der Waals surface area contributed by atoms with E-state index in [0.29, 0.717) is 0 Å². The van der Waals surface area contributed by atoms with E-state index in [-0.39, 0.29) is 22.9 Å². The first-order chi connectivity index (χ1) is 9.51. The monoisotopic (exact) mass is 282 g/mol. The lowest BCUT2D eigenvalue weighted by molar-refractivity contribution is -0.384. The lowest BCUT2D eigenvalue weighted by atomic mass is 10.1. The maximum Gasteiger partial charge on any atom is 0.293 e. The number of anilines is 1. The van der Waals surface area contributed by atoms with E-state index in [2.05, 4.69) is 15.3 Å². The summed E-state index contributed by atoms with van der Waals surface area (Å²) < 4.78 is 13.4. The van der Waals surface area contributed by atoms with Gasteiger partial charge >= 0.3 is 0 Å². The Balaban J connectivity index is 0.00000172. The Bertz CT molecular complexity index is 527. The minimum absolute atomic E-state index is 0.0613. The summed E-state index contributed by atoms with van der Waals surface area (Å²) >= 11 is 0. The highest BCUT2D eigenvalue weighted by molar-refractivity contribution is 6.00. The van der Waals surface area contributed by atoms with E-state index < -0.39 is 10.7 Å². The number of nitro benzene ring substituents is 1. The molecular weight excluding hydrogens is 263 g/mol. The first-order valence-corrected chi connectivity index (χ1v) is 6.17. The number of rotatable bonds is 2. The Morgan fingerprint density at radius 3 is 2.50 bits per heavy atom. The van der Waals surface area contributed by atoms with Crippen LogP contribution < -0.4 is 5.32 Å². The van der Waals surface area contributed by atoms with Gasteiger partial charge in [-0.25, -0.2) is 9.38 Å². The molecule has 20 heavy (non-hydrogen) atoms. The minimum Gasteiger partial charge on any atom is -0.318 e. The third-order valence-electron chi connectivity index (χ3n) is 2.27. The molecule has 0 spiro atoms. The van der Waals surface area contributed by atoms with Gasteiger partial charge in [0.25, 0.3) is 5.69 Å². The zero-order chi connectivity index (χ0) is 15.7. The van der Waals surface area contributed by atoms with E-state index in [1.165, 1.54) is 20.2 Å². The molecule has 1 N–H and O–H groups in total. The van der Waals surface area contributed by atoms with Crippen molar-refractivity contribution in [2.45, 2.75) is 27.7 Å². The fourth-order valence-corrected chi connectivity index (χ4v) is 1.36. The van der Waals surface area contributed by atoms with Gasteiger partial charge in [0, 0.05) is 24.9 Å². The second-order valence-electron chi connectivity index (χ2n) is 3.38. The highest BCUT2D eigenvalue weighted by atomic mass is 19.1. The summed E-state index contributed by atoms with van der Waals surface area (Å²) in [7, 11) is 1.48. The van der Waals surface area contributed by atoms with Crippen molar-refractivity contribution in [1.82, 2.24) is 0 Å². The molecule has 0 atom stereocenters. The first kappa shape index (κ1) is 17.7. The Labute approximate surface area is 117 Å². The van der Waals surface area contributed by atoms with Crippen molar-refractivity contribution in [2.75, 3.05) is 12.4 Å². The number of nitrogens with zero attached hydrogens (tertiary/aromatic N) is 3. The van der Waals surface area contributed by atoms with Gasteiger partial charge in [-0.2, -0.15) is 0 Å². The minimum atomic E-state index is -0.586. The highest BCUT2D eigenvalue weighted by Crippen LogP contribution is 2.29. The molecule has 0 aliphatic heterocycles. The lowest BCUT2D eigenvalue weighted by Gasteiger charge is -2.09. The molecule has 7 heteroatoms. The number of halogens is 1. The summed E-state index contributed by atoms with van der Waals surface area (Å²) in [6, 6.07) is 2.16. The van der Waals surface area contributed by atoms with E-state index in [1.54, 1.807) is 6.92 Å². The Hall–Kier alpha value is -2.31. The summed E-state index contributed by atoms with van der Waals surface area (Å²) in [5, 5.41) is 13.5. The van der Waals surface area contributed by atoms with Crippen LogP contribution in [-0.4, -0.2) is 24.1 Å². The van der Waals surface area contributed by atoms with Gasteiger partial charge in [0.2, 0.25) is 5.96 Å². The average Bonchev–Trinajstić information content (AvgIpc) is 2.45. The van der Waals surface area contributed by atoms with Crippen LogP contribution in [0.2, 0.25) is 0 Å². The van der Waals surface area contributed by atoms with Crippen LogP contribution in [-0.2, 0) is 0 Å². The lowest BCUT2D eigenvalue weighted by Crippen LogP contribution is -2.12. The van der Waals surface area contributed by atoms with Crippen molar-refractivity contribution in [2.24, 2.45) is 9.98 Å². The number of aliphatic imine (C=N–C) groups is 2. The third kappa shape index (κ3) is 4.42. The summed E-state index contributed by atoms with van der Waals surface area (Å²) in [5.74, 6) is -0.353.